The summed E-state index contributed by atoms with van der Waals surface area (Å²) in [7, 11) is 4.00. The van der Waals surface area contributed by atoms with Crippen LogP contribution in [0.5, 0.6) is 5.75 Å². The first-order valence-electron chi connectivity index (χ1n) is 7.46. The maximum atomic E-state index is 12.4. The lowest BCUT2D eigenvalue weighted by Gasteiger charge is -2.34. The van der Waals surface area contributed by atoms with Crippen molar-refractivity contribution in [1.82, 2.24) is 4.90 Å². The van der Waals surface area contributed by atoms with Gasteiger partial charge in [-0.15, -0.1) is 0 Å². The summed E-state index contributed by atoms with van der Waals surface area (Å²) in [6.45, 7) is 5.30. The number of rotatable bonds is 5. The van der Waals surface area contributed by atoms with E-state index >= 15 is 0 Å². The predicted molar refractivity (Wildman–Crippen MR) is 84.7 cm³/mol. The van der Waals surface area contributed by atoms with Crippen LogP contribution in [0.4, 0.5) is 5.69 Å². The minimum atomic E-state index is -0.439. The van der Waals surface area contributed by atoms with Crippen molar-refractivity contribution >= 4 is 11.6 Å². The predicted octanol–water partition coefficient (Wildman–Crippen LogP) is 1.77. The molecule has 5 nitrogen and oxygen atoms in total. The summed E-state index contributed by atoms with van der Waals surface area (Å²) in [5.74, 6) is 0.763. The molecule has 1 aromatic rings. The Morgan fingerprint density at radius 2 is 2.14 bits per heavy atom. The number of nitrogens with two attached hydrogens (primary N) is 1. The van der Waals surface area contributed by atoms with Gasteiger partial charge in [0.05, 0.1) is 5.69 Å². The molecule has 0 aromatic heterocycles. The molecule has 1 heterocycles. The van der Waals surface area contributed by atoms with Crippen LogP contribution in [0, 0.1) is 0 Å². The highest BCUT2D eigenvalue weighted by atomic mass is 16.5. The van der Waals surface area contributed by atoms with Gasteiger partial charge in [-0.25, -0.2) is 0 Å². The third-order valence-corrected chi connectivity index (χ3v) is 3.83. The quantitative estimate of drug-likeness (QED) is 0.898. The molecule has 1 amide bonds. The van der Waals surface area contributed by atoms with Gasteiger partial charge in [0.25, 0.3) is 5.91 Å². The zero-order valence-electron chi connectivity index (χ0n) is 13.3. The first-order valence-corrected chi connectivity index (χ1v) is 7.46. The summed E-state index contributed by atoms with van der Waals surface area (Å²) >= 11 is 0. The standard InChI is InChI=1S/C16H25N3O2/c1-5-13(17)12-6-7-15-14(10-12)19(9-8-18(3)4)16(20)11(2)21-15/h6-7,10-11,13H,5,8-9,17H2,1-4H3. The summed E-state index contributed by atoms with van der Waals surface area (Å²) < 4.78 is 5.70. The molecule has 0 bridgehead atoms. The fourth-order valence-corrected chi connectivity index (χ4v) is 2.42. The van der Waals surface area contributed by atoms with Crippen molar-refractivity contribution in [3.05, 3.63) is 23.8 Å². The molecular formula is C16H25N3O2. The Labute approximate surface area is 126 Å². The second-order valence-electron chi connectivity index (χ2n) is 5.80. The number of ether oxygens (including phenoxy) is 1. The van der Waals surface area contributed by atoms with Gasteiger partial charge in [0, 0.05) is 19.1 Å². The second kappa shape index (κ2) is 6.45. The highest BCUT2D eigenvalue weighted by Crippen LogP contribution is 2.36. The molecule has 2 unspecified atom stereocenters. The molecule has 116 valence electrons. The molecule has 5 heteroatoms. The van der Waals surface area contributed by atoms with E-state index in [0.717, 1.165) is 30.0 Å². The molecule has 1 aliphatic heterocycles. The van der Waals surface area contributed by atoms with E-state index in [1.807, 2.05) is 37.2 Å². The number of hydrogen-bond donors (Lipinski definition) is 1. The van der Waals surface area contributed by atoms with Crippen molar-refractivity contribution in [2.24, 2.45) is 5.73 Å². The van der Waals surface area contributed by atoms with E-state index < -0.39 is 6.10 Å². The average Bonchev–Trinajstić information content (AvgIpc) is 2.46. The molecule has 0 radical (unpaired) electrons. The third kappa shape index (κ3) is 3.36. The number of benzene rings is 1. The number of carbonyl (C=O) groups is 1. The minimum absolute atomic E-state index is 0.00608. The van der Waals surface area contributed by atoms with Gasteiger partial charge in [-0.1, -0.05) is 13.0 Å². The Morgan fingerprint density at radius 3 is 2.76 bits per heavy atom. The van der Waals surface area contributed by atoms with Crippen LogP contribution >= 0.6 is 0 Å². The van der Waals surface area contributed by atoms with Crippen LogP contribution in [-0.2, 0) is 4.79 Å². The van der Waals surface area contributed by atoms with E-state index in [0.29, 0.717) is 6.54 Å². The first-order chi connectivity index (χ1) is 9.93. The lowest BCUT2D eigenvalue weighted by Crippen LogP contribution is -2.47. The Morgan fingerprint density at radius 1 is 1.43 bits per heavy atom. The number of fused-ring (bicyclic) bond motifs is 1. The molecule has 2 rings (SSSR count). The lowest BCUT2D eigenvalue weighted by molar-refractivity contribution is -0.125. The molecule has 0 fully saturated rings. The van der Waals surface area contributed by atoms with E-state index in [-0.39, 0.29) is 11.9 Å². The zero-order valence-corrected chi connectivity index (χ0v) is 13.3. The average molecular weight is 291 g/mol. The normalized spacial score (nSPS) is 19.4. The molecule has 1 aromatic carbocycles. The minimum Gasteiger partial charge on any atom is -0.479 e. The number of hydrogen-bond acceptors (Lipinski definition) is 4. The van der Waals surface area contributed by atoms with Crippen molar-refractivity contribution in [3.63, 3.8) is 0 Å². The molecule has 0 aliphatic carbocycles. The van der Waals surface area contributed by atoms with E-state index in [1.54, 1.807) is 6.92 Å². The summed E-state index contributed by atoms with van der Waals surface area (Å²) in [5.41, 5.74) is 7.98. The fourth-order valence-electron chi connectivity index (χ4n) is 2.42. The number of anilines is 1. The van der Waals surface area contributed by atoms with E-state index in [9.17, 15) is 4.79 Å². The smallest absolute Gasteiger partial charge is 0.267 e. The largest absolute Gasteiger partial charge is 0.479 e. The summed E-state index contributed by atoms with van der Waals surface area (Å²) in [6, 6.07) is 5.88. The van der Waals surface area contributed by atoms with Crippen molar-refractivity contribution in [3.8, 4) is 5.75 Å². The van der Waals surface area contributed by atoms with Gasteiger partial charge < -0.3 is 20.3 Å². The van der Waals surface area contributed by atoms with Gasteiger partial charge in [-0.3, -0.25) is 4.79 Å². The Balaban J connectivity index is 2.35. The summed E-state index contributed by atoms with van der Waals surface area (Å²) in [5, 5.41) is 0. The Kier molecular flexibility index (Phi) is 4.85. The molecule has 0 saturated heterocycles. The fraction of sp³-hybridized carbons (Fsp3) is 0.562. The van der Waals surface area contributed by atoms with Crippen molar-refractivity contribution in [1.29, 1.82) is 0 Å². The molecular weight excluding hydrogens is 266 g/mol. The Hall–Kier alpha value is -1.59. The molecule has 0 saturated carbocycles. The monoisotopic (exact) mass is 291 g/mol. The van der Waals surface area contributed by atoms with Crippen molar-refractivity contribution < 1.29 is 9.53 Å². The topological polar surface area (TPSA) is 58.8 Å². The van der Waals surface area contributed by atoms with Crippen LogP contribution < -0.4 is 15.4 Å². The van der Waals surface area contributed by atoms with E-state index in [1.165, 1.54) is 0 Å². The van der Waals surface area contributed by atoms with Crippen LogP contribution in [0.3, 0.4) is 0 Å². The number of amides is 1. The van der Waals surface area contributed by atoms with Gasteiger partial charge >= 0.3 is 0 Å². The highest BCUT2D eigenvalue weighted by molar-refractivity contribution is 5.99. The van der Waals surface area contributed by atoms with Crippen molar-refractivity contribution in [2.75, 3.05) is 32.1 Å². The number of carbonyl (C=O) groups excluding carboxylic acids is 1. The third-order valence-electron chi connectivity index (χ3n) is 3.83. The van der Waals surface area contributed by atoms with E-state index in [2.05, 4.69) is 11.8 Å². The van der Waals surface area contributed by atoms with Gasteiger partial charge in [0.1, 0.15) is 5.75 Å². The second-order valence-corrected chi connectivity index (χ2v) is 5.80. The molecule has 2 N–H and O–H groups in total. The van der Waals surface area contributed by atoms with Crippen LogP contribution in [0.15, 0.2) is 18.2 Å². The van der Waals surface area contributed by atoms with Gasteiger partial charge in [-0.05, 0) is 45.1 Å². The summed E-state index contributed by atoms with van der Waals surface area (Å²) in [4.78, 5) is 16.3. The van der Waals surface area contributed by atoms with Crippen LogP contribution in [0.25, 0.3) is 0 Å². The molecule has 0 spiro atoms. The molecule has 1 aliphatic rings. The molecule has 2 atom stereocenters. The van der Waals surface area contributed by atoms with Gasteiger partial charge in [0.2, 0.25) is 0 Å². The first kappa shape index (κ1) is 15.8. The van der Waals surface area contributed by atoms with Crippen molar-refractivity contribution in [2.45, 2.75) is 32.4 Å². The van der Waals surface area contributed by atoms with Gasteiger partial charge in [0.15, 0.2) is 6.10 Å². The maximum Gasteiger partial charge on any atom is 0.267 e. The van der Waals surface area contributed by atoms with Crippen LogP contribution in [0.1, 0.15) is 31.9 Å². The SMILES string of the molecule is CCC(N)c1ccc2c(c1)N(CCN(C)C)C(=O)C(C)O2. The summed E-state index contributed by atoms with van der Waals surface area (Å²) in [6.07, 6.45) is 0.423. The highest BCUT2D eigenvalue weighted by Gasteiger charge is 2.31. The zero-order chi connectivity index (χ0) is 15.6. The Bertz CT molecular complexity index is 516. The number of nitrogens with zero attached hydrogens (tertiary/aromatic N) is 2. The van der Waals surface area contributed by atoms with Crippen LogP contribution in [-0.4, -0.2) is 44.1 Å². The maximum absolute atomic E-state index is 12.4. The van der Waals surface area contributed by atoms with Crippen LogP contribution in [0.2, 0.25) is 0 Å². The number of likely N-dealkylation sites (N-methyl/N-ethyl adjacent to an activating group) is 1. The van der Waals surface area contributed by atoms with Gasteiger partial charge in [-0.2, -0.15) is 0 Å². The van der Waals surface area contributed by atoms with E-state index in [4.69, 9.17) is 10.5 Å². The lowest BCUT2D eigenvalue weighted by atomic mass is 10.0. The molecule has 21 heavy (non-hydrogen) atoms.